The molecule has 0 aromatic carbocycles. The lowest BCUT2D eigenvalue weighted by Crippen LogP contribution is -2.38. The third-order valence-electron chi connectivity index (χ3n) is 7.09. The summed E-state index contributed by atoms with van der Waals surface area (Å²) in [5.41, 5.74) is 0. The highest BCUT2D eigenvalue weighted by atomic mass is 32.2. The van der Waals surface area contributed by atoms with Crippen molar-refractivity contribution in [3.8, 4) is 0 Å². The Morgan fingerprint density at radius 2 is 1.42 bits per heavy atom. The van der Waals surface area contributed by atoms with Gasteiger partial charge in [-0.2, -0.15) is 0 Å². The summed E-state index contributed by atoms with van der Waals surface area (Å²) in [7, 11) is -0.602. The van der Waals surface area contributed by atoms with Crippen LogP contribution < -0.4 is 0 Å². The van der Waals surface area contributed by atoms with Gasteiger partial charge in [-0.05, 0) is 69.6 Å². The summed E-state index contributed by atoms with van der Waals surface area (Å²) in [5, 5.41) is 0. The zero-order chi connectivity index (χ0) is 17.4. The smallest absolute Gasteiger partial charge is 0.0431 e. The molecule has 142 valence electrons. The van der Waals surface area contributed by atoms with Crippen molar-refractivity contribution in [3.05, 3.63) is 0 Å². The molecule has 0 radical (unpaired) electrons. The van der Waals surface area contributed by atoms with E-state index in [2.05, 4.69) is 20.8 Å². The fourth-order valence-corrected chi connectivity index (χ4v) is 6.84. The summed E-state index contributed by atoms with van der Waals surface area (Å²) in [6, 6.07) is 0. The molecule has 2 aliphatic carbocycles. The minimum Gasteiger partial charge on any atom is -0.259 e. The van der Waals surface area contributed by atoms with Crippen LogP contribution in [0.3, 0.4) is 0 Å². The van der Waals surface area contributed by atoms with Crippen LogP contribution in [0, 0.1) is 17.8 Å². The van der Waals surface area contributed by atoms with Crippen molar-refractivity contribution >= 4 is 10.8 Å². The zero-order valence-corrected chi connectivity index (χ0v) is 17.5. The molecule has 2 saturated carbocycles. The first kappa shape index (κ1) is 20.5. The van der Waals surface area contributed by atoms with Gasteiger partial charge < -0.3 is 0 Å². The summed E-state index contributed by atoms with van der Waals surface area (Å²) in [5.74, 6) is 3.89. The Morgan fingerprint density at radius 3 is 2.00 bits per heavy atom. The second-order valence-electron chi connectivity index (χ2n) is 8.97. The van der Waals surface area contributed by atoms with Gasteiger partial charge in [0.2, 0.25) is 0 Å². The first-order valence-corrected chi connectivity index (χ1v) is 12.3. The molecule has 0 saturated heterocycles. The van der Waals surface area contributed by atoms with Gasteiger partial charge in [0.1, 0.15) is 0 Å². The summed E-state index contributed by atoms with van der Waals surface area (Å²) in [4.78, 5) is 0. The molecule has 2 rings (SSSR count). The molecule has 1 unspecified atom stereocenters. The highest BCUT2D eigenvalue weighted by Gasteiger charge is 2.38. The maximum atomic E-state index is 12.6. The molecule has 2 heteroatoms. The lowest BCUT2D eigenvalue weighted by atomic mass is 9.68. The molecular formula is C22H42OS. The molecule has 2 aliphatic rings. The van der Waals surface area contributed by atoms with Gasteiger partial charge in [-0.3, -0.25) is 4.21 Å². The first-order valence-electron chi connectivity index (χ1n) is 11.0. The Hall–Kier alpha value is 0.150. The van der Waals surface area contributed by atoms with Crippen LogP contribution in [-0.2, 0) is 10.8 Å². The molecule has 24 heavy (non-hydrogen) atoms. The standard InChI is InChI=1S/C22H42OS/c1-4-6-8-9-19-10-12-20(13-11-19)21-14-16-22(3,17-15-21)24(23)18-7-5-2/h19-21H,4-18H2,1-3H3. The molecule has 1 atom stereocenters. The minimum absolute atomic E-state index is 0.128. The van der Waals surface area contributed by atoms with Gasteiger partial charge in [0.05, 0.1) is 0 Å². The maximum absolute atomic E-state index is 12.6. The fraction of sp³-hybridized carbons (Fsp3) is 1.00. The van der Waals surface area contributed by atoms with Gasteiger partial charge in [-0.1, -0.05) is 58.8 Å². The number of unbranched alkanes of at least 4 members (excludes halogenated alkanes) is 3. The van der Waals surface area contributed by atoms with E-state index in [0.29, 0.717) is 0 Å². The molecule has 1 nitrogen and oxygen atoms in total. The predicted molar refractivity (Wildman–Crippen MR) is 108 cm³/mol. The van der Waals surface area contributed by atoms with Crippen LogP contribution in [0.2, 0.25) is 0 Å². The Balaban J connectivity index is 1.70. The van der Waals surface area contributed by atoms with Crippen molar-refractivity contribution in [1.82, 2.24) is 0 Å². The predicted octanol–water partition coefficient (Wildman–Crippen LogP) is 6.87. The van der Waals surface area contributed by atoms with Crippen molar-refractivity contribution in [3.63, 3.8) is 0 Å². The van der Waals surface area contributed by atoms with E-state index in [1.807, 2.05) is 0 Å². The van der Waals surface area contributed by atoms with Gasteiger partial charge in [0.25, 0.3) is 0 Å². The van der Waals surface area contributed by atoms with E-state index in [4.69, 9.17) is 0 Å². The Kier molecular flexibility index (Phi) is 8.81. The van der Waals surface area contributed by atoms with Crippen molar-refractivity contribution in [2.45, 2.75) is 115 Å². The average Bonchev–Trinajstić information content (AvgIpc) is 2.61. The summed E-state index contributed by atoms with van der Waals surface area (Å²) in [6.07, 6.45) is 19.1. The third kappa shape index (κ3) is 5.85. The van der Waals surface area contributed by atoms with Gasteiger partial charge in [-0.25, -0.2) is 0 Å². The molecule has 0 amide bonds. The third-order valence-corrected chi connectivity index (χ3v) is 9.26. The van der Waals surface area contributed by atoms with Crippen molar-refractivity contribution < 1.29 is 4.21 Å². The van der Waals surface area contributed by atoms with Crippen LogP contribution in [0.25, 0.3) is 0 Å². The molecule has 0 aromatic rings. The highest BCUT2D eigenvalue weighted by Crippen LogP contribution is 2.44. The van der Waals surface area contributed by atoms with Gasteiger partial charge in [-0.15, -0.1) is 0 Å². The van der Waals surface area contributed by atoms with E-state index in [1.165, 1.54) is 83.5 Å². The molecule has 0 bridgehead atoms. The average molecular weight is 355 g/mol. The quantitative estimate of drug-likeness (QED) is 0.413. The number of rotatable bonds is 9. The molecule has 2 fully saturated rings. The molecule has 0 spiro atoms. The highest BCUT2D eigenvalue weighted by molar-refractivity contribution is 7.86. The summed E-state index contributed by atoms with van der Waals surface area (Å²) < 4.78 is 12.8. The number of hydrogen-bond acceptors (Lipinski definition) is 1. The maximum Gasteiger partial charge on any atom is 0.0431 e. The topological polar surface area (TPSA) is 17.1 Å². The lowest BCUT2D eigenvalue weighted by Gasteiger charge is -2.41. The largest absolute Gasteiger partial charge is 0.259 e. The van der Waals surface area contributed by atoms with Crippen LogP contribution in [0.15, 0.2) is 0 Å². The van der Waals surface area contributed by atoms with Crippen molar-refractivity contribution in [1.29, 1.82) is 0 Å². The number of hydrogen-bond donors (Lipinski definition) is 0. The molecule has 0 aromatic heterocycles. The second-order valence-corrected chi connectivity index (χ2v) is 11.1. The minimum atomic E-state index is -0.602. The van der Waals surface area contributed by atoms with Crippen LogP contribution in [0.1, 0.15) is 111 Å². The van der Waals surface area contributed by atoms with Gasteiger partial charge in [0, 0.05) is 21.3 Å². The molecule has 0 N–H and O–H groups in total. The summed E-state index contributed by atoms with van der Waals surface area (Å²) in [6.45, 7) is 6.82. The Morgan fingerprint density at radius 1 is 0.833 bits per heavy atom. The van der Waals surface area contributed by atoms with Crippen LogP contribution in [-0.4, -0.2) is 14.7 Å². The zero-order valence-electron chi connectivity index (χ0n) is 16.7. The van der Waals surface area contributed by atoms with Crippen LogP contribution in [0.5, 0.6) is 0 Å². The molecular weight excluding hydrogens is 312 g/mol. The molecule has 0 heterocycles. The first-order chi connectivity index (χ1) is 11.6. The SMILES string of the molecule is CCCCCC1CCC(C2CCC(C)(S(=O)CCCC)CC2)CC1. The molecule has 0 aliphatic heterocycles. The van der Waals surface area contributed by atoms with E-state index in [0.717, 1.165) is 29.9 Å². The Bertz CT molecular complexity index is 362. The van der Waals surface area contributed by atoms with E-state index in [-0.39, 0.29) is 4.75 Å². The van der Waals surface area contributed by atoms with Crippen molar-refractivity contribution in [2.24, 2.45) is 17.8 Å². The second kappa shape index (κ2) is 10.3. The van der Waals surface area contributed by atoms with Gasteiger partial charge >= 0.3 is 0 Å². The summed E-state index contributed by atoms with van der Waals surface area (Å²) >= 11 is 0. The van der Waals surface area contributed by atoms with Crippen LogP contribution >= 0.6 is 0 Å². The van der Waals surface area contributed by atoms with Crippen molar-refractivity contribution in [2.75, 3.05) is 5.75 Å². The van der Waals surface area contributed by atoms with Gasteiger partial charge in [0.15, 0.2) is 0 Å². The van der Waals surface area contributed by atoms with E-state index >= 15 is 0 Å². The lowest BCUT2D eigenvalue weighted by molar-refractivity contribution is 0.152. The monoisotopic (exact) mass is 354 g/mol. The fourth-order valence-electron chi connectivity index (χ4n) is 5.10. The van der Waals surface area contributed by atoms with E-state index < -0.39 is 10.8 Å². The van der Waals surface area contributed by atoms with E-state index in [1.54, 1.807) is 0 Å². The van der Waals surface area contributed by atoms with Crippen LogP contribution in [0.4, 0.5) is 0 Å². The Labute approximate surface area is 154 Å². The normalized spacial score (nSPS) is 35.7. The van der Waals surface area contributed by atoms with E-state index in [9.17, 15) is 4.21 Å².